The van der Waals surface area contributed by atoms with Gasteiger partial charge in [-0.15, -0.1) is 0 Å². The fraction of sp³-hybridized carbons (Fsp3) is 0.429. The topological polar surface area (TPSA) is 46.6 Å². The Hall–Kier alpha value is -1.63. The molecular formula is C14H17F2NO3S. The molecule has 0 radical (unpaired) electrons. The van der Waals surface area contributed by atoms with Crippen molar-refractivity contribution in [1.82, 2.24) is 4.90 Å². The van der Waals surface area contributed by atoms with Crippen molar-refractivity contribution in [2.45, 2.75) is 24.0 Å². The Labute approximate surface area is 126 Å². The van der Waals surface area contributed by atoms with Crippen LogP contribution in [-0.2, 0) is 9.53 Å². The molecule has 0 N–H and O–H groups in total. The number of ether oxygens (including phenoxy) is 1. The van der Waals surface area contributed by atoms with Gasteiger partial charge in [0.25, 0.3) is 11.7 Å². The van der Waals surface area contributed by atoms with Gasteiger partial charge in [-0.25, -0.2) is 0 Å². The van der Waals surface area contributed by atoms with E-state index in [1.54, 1.807) is 19.1 Å². The number of esters is 1. The number of benzene rings is 1. The Bertz CT molecular complexity index is 497. The van der Waals surface area contributed by atoms with Crippen molar-refractivity contribution in [1.29, 1.82) is 0 Å². The number of carbonyl (C=O) groups is 2. The predicted octanol–water partition coefficient (Wildman–Crippen LogP) is 3.03. The molecule has 21 heavy (non-hydrogen) atoms. The Morgan fingerprint density at radius 2 is 2.00 bits per heavy atom. The van der Waals surface area contributed by atoms with Gasteiger partial charge in [-0.05, 0) is 19.1 Å². The van der Waals surface area contributed by atoms with Crippen LogP contribution in [0, 0.1) is 0 Å². The largest absolute Gasteiger partial charge is 0.469 e. The van der Waals surface area contributed by atoms with Gasteiger partial charge >= 0.3 is 5.97 Å². The summed E-state index contributed by atoms with van der Waals surface area (Å²) in [5.41, 5.74) is 0.217. The molecule has 4 nitrogen and oxygen atoms in total. The molecule has 0 fully saturated rings. The summed E-state index contributed by atoms with van der Waals surface area (Å²) >= 11 is 0.338. The number of carbonyl (C=O) groups excluding carboxylic acids is 2. The van der Waals surface area contributed by atoms with Gasteiger partial charge in [0.1, 0.15) is 0 Å². The standard InChI is InChI=1S/C14H17F2NO3S/c1-3-17(9-8-12(18)20-2)13(19)10-6-4-5-7-11(10)21-14(15)16/h4-7,14H,3,8-9H2,1-2H3. The molecule has 0 aliphatic heterocycles. The molecule has 0 atom stereocenters. The molecule has 0 heterocycles. The molecule has 0 aliphatic carbocycles. The molecule has 7 heteroatoms. The zero-order valence-corrected chi connectivity index (χ0v) is 12.7. The molecule has 0 unspecified atom stereocenters. The summed E-state index contributed by atoms with van der Waals surface area (Å²) in [5.74, 6) is -3.38. The zero-order chi connectivity index (χ0) is 15.8. The highest BCUT2D eigenvalue weighted by atomic mass is 32.2. The summed E-state index contributed by atoms with van der Waals surface area (Å²) in [6, 6.07) is 6.22. The smallest absolute Gasteiger partial charge is 0.307 e. The molecule has 1 rings (SSSR count). The monoisotopic (exact) mass is 317 g/mol. The number of thioether (sulfide) groups is 1. The minimum atomic E-state index is -2.59. The van der Waals surface area contributed by atoms with Gasteiger partial charge in [0.15, 0.2) is 0 Å². The van der Waals surface area contributed by atoms with Gasteiger partial charge in [-0.1, -0.05) is 23.9 Å². The third-order valence-electron chi connectivity index (χ3n) is 2.82. The summed E-state index contributed by atoms with van der Waals surface area (Å²) in [5, 5.41) is 0. The van der Waals surface area contributed by atoms with Gasteiger partial charge in [-0.3, -0.25) is 9.59 Å². The van der Waals surface area contributed by atoms with Crippen molar-refractivity contribution in [3.8, 4) is 0 Å². The molecular weight excluding hydrogens is 300 g/mol. The normalized spacial score (nSPS) is 10.5. The maximum absolute atomic E-state index is 12.5. The van der Waals surface area contributed by atoms with E-state index in [1.807, 2.05) is 0 Å². The van der Waals surface area contributed by atoms with Crippen LogP contribution in [0.25, 0.3) is 0 Å². The fourth-order valence-corrected chi connectivity index (χ4v) is 2.38. The first-order valence-corrected chi connectivity index (χ1v) is 7.27. The van der Waals surface area contributed by atoms with Crippen LogP contribution in [0.3, 0.4) is 0 Å². The molecule has 0 saturated carbocycles. The molecule has 1 aromatic rings. The second kappa shape index (κ2) is 8.61. The minimum Gasteiger partial charge on any atom is -0.469 e. The number of rotatable bonds is 7. The number of hydrogen-bond donors (Lipinski definition) is 0. The quantitative estimate of drug-likeness (QED) is 0.573. The summed E-state index contributed by atoms with van der Waals surface area (Å²) in [6.07, 6.45) is 0.0697. The number of nitrogens with zero attached hydrogens (tertiary/aromatic N) is 1. The lowest BCUT2D eigenvalue weighted by Gasteiger charge is -2.21. The lowest BCUT2D eigenvalue weighted by atomic mass is 10.2. The van der Waals surface area contributed by atoms with Crippen LogP contribution >= 0.6 is 11.8 Å². The molecule has 0 aromatic heterocycles. The molecule has 0 aliphatic rings. The van der Waals surface area contributed by atoms with E-state index in [-0.39, 0.29) is 29.3 Å². The Balaban J connectivity index is 2.87. The van der Waals surface area contributed by atoms with Crippen molar-refractivity contribution >= 4 is 23.6 Å². The van der Waals surface area contributed by atoms with Crippen LogP contribution in [0.1, 0.15) is 23.7 Å². The summed E-state index contributed by atoms with van der Waals surface area (Å²) in [6.45, 7) is 2.33. The highest BCUT2D eigenvalue weighted by molar-refractivity contribution is 7.99. The number of halogens is 2. The van der Waals surface area contributed by atoms with Crippen molar-refractivity contribution < 1.29 is 23.1 Å². The second-order valence-electron chi connectivity index (χ2n) is 4.09. The van der Waals surface area contributed by atoms with Crippen molar-refractivity contribution in [2.24, 2.45) is 0 Å². The predicted molar refractivity (Wildman–Crippen MR) is 76.5 cm³/mol. The first-order chi connectivity index (χ1) is 9.99. The minimum absolute atomic E-state index is 0.0697. The molecule has 0 spiro atoms. The molecule has 0 bridgehead atoms. The lowest BCUT2D eigenvalue weighted by molar-refractivity contribution is -0.140. The van der Waals surface area contributed by atoms with E-state index in [4.69, 9.17) is 0 Å². The maximum atomic E-state index is 12.5. The van der Waals surface area contributed by atoms with Crippen LogP contribution in [0.5, 0.6) is 0 Å². The molecule has 116 valence electrons. The van der Waals surface area contributed by atoms with E-state index < -0.39 is 11.7 Å². The Morgan fingerprint density at radius 1 is 1.33 bits per heavy atom. The van der Waals surface area contributed by atoms with E-state index in [1.165, 1.54) is 24.1 Å². The van der Waals surface area contributed by atoms with Gasteiger partial charge in [0.05, 0.1) is 19.1 Å². The molecule has 1 amide bonds. The van der Waals surface area contributed by atoms with E-state index in [0.29, 0.717) is 18.3 Å². The van der Waals surface area contributed by atoms with Gasteiger partial charge in [0, 0.05) is 18.0 Å². The van der Waals surface area contributed by atoms with Crippen molar-refractivity contribution in [3.05, 3.63) is 29.8 Å². The molecule has 0 saturated heterocycles. The summed E-state index contributed by atoms with van der Waals surface area (Å²) in [4.78, 5) is 25.2. The average Bonchev–Trinajstić information content (AvgIpc) is 2.47. The van der Waals surface area contributed by atoms with Crippen LogP contribution in [0.4, 0.5) is 8.78 Å². The van der Waals surface area contributed by atoms with Gasteiger partial charge < -0.3 is 9.64 Å². The van der Waals surface area contributed by atoms with E-state index in [9.17, 15) is 18.4 Å². The highest BCUT2D eigenvalue weighted by Crippen LogP contribution is 2.29. The summed E-state index contributed by atoms with van der Waals surface area (Å²) in [7, 11) is 1.27. The van der Waals surface area contributed by atoms with E-state index >= 15 is 0 Å². The van der Waals surface area contributed by atoms with E-state index in [2.05, 4.69) is 4.74 Å². The third-order valence-corrected chi connectivity index (χ3v) is 3.60. The fourth-order valence-electron chi connectivity index (χ4n) is 1.74. The first-order valence-electron chi connectivity index (χ1n) is 6.39. The van der Waals surface area contributed by atoms with Gasteiger partial charge in [0.2, 0.25) is 0 Å². The number of alkyl halides is 2. The zero-order valence-electron chi connectivity index (χ0n) is 11.8. The van der Waals surface area contributed by atoms with Gasteiger partial charge in [-0.2, -0.15) is 8.78 Å². The number of methoxy groups -OCH3 is 1. The highest BCUT2D eigenvalue weighted by Gasteiger charge is 2.20. The van der Waals surface area contributed by atoms with Crippen LogP contribution in [0.15, 0.2) is 29.2 Å². The number of amides is 1. The van der Waals surface area contributed by atoms with Crippen LogP contribution in [0.2, 0.25) is 0 Å². The third kappa shape index (κ3) is 5.34. The average molecular weight is 317 g/mol. The van der Waals surface area contributed by atoms with E-state index in [0.717, 1.165) is 0 Å². The Kier molecular flexibility index (Phi) is 7.14. The van der Waals surface area contributed by atoms with Crippen molar-refractivity contribution in [3.63, 3.8) is 0 Å². The molecule has 1 aromatic carbocycles. The second-order valence-corrected chi connectivity index (χ2v) is 5.12. The maximum Gasteiger partial charge on any atom is 0.307 e. The van der Waals surface area contributed by atoms with Crippen LogP contribution in [-0.4, -0.2) is 42.7 Å². The van der Waals surface area contributed by atoms with Crippen molar-refractivity contribution in [2.75, 3.05) is 20.2 Å². The Morgan fingerprint density at radius 3 is 2.57 bits per heavy atom. The number of hydrogen-bond acceptors (Lipinski definition) is 4. The van der Waals surface area contributed by atoms with Crippen LogP contribution < -0.4 is 0 Å². The summed E-state index contributed by atoms with van der Waals surface area (Å²) < 4.78 is 29.6. The SMILES string of the molecule is CCN(CCC(=O)OC)C(=O)c1ccccc1SC(F)F. The first kappa shape index (κ1) is 17.4. The lowest BCUT2D eigenvalue weighted by Crippen LogP contribution is -2.33.